The molecule has 29 heavy (non-hydrogen) atoms. The molecule has 3 aromatic rings. The van der Waals surface area contributed by atoms with Crippen LogP contribution in [-0.2, 0) is 6.54 Å². The number of hydrogen-bond acceptors (Lipinski definition) is 4. The molecule has 1 aromatic carbocycles. The Bertz CT molecular complexity index is 1110. The van der Waals surface area contributed by atoms with Gasteiger partial charge >= 0.3 is 6.03 Å². The van der Waals surface area contributed by atoms with Gasteiger partial charge in [0.15, 0.2) is 0 Å². The first kappa shape index (κ1) is 19.4. The smallest absolute Gasteiger partial charge is 0.322 e. The van der Waals surface area contributed by atoms with Crippen molar-refractivity contribution < 1.29 is 9.18 Å². The van der Waals surface area contributed by atoms with E-state index in [1.54, 1.807) is 23.1 Å². The summed E-state index contributed by atoms with van der Waals surface area (Å²) in [5.74, 6) is -0.253. The summed E-state index contributed by atoms with van der Waals surface area (Å²) in [6.45, 7) is 2.97. The topological polar surface area (TPSA) is 70.0 Å². The summed E-state index contributed by atoms with van der Waals surface area (Å²) in [5.41, 5.74) is 1.05. The van der Waals surface area contributed by atoms with Crippen molar-refractivity contribution in [2.45, 2.75) is 6.54 Å². The second kappa shape index (κ2) is 8.18. The Morgan fingerprint density at radius 3 is 2.72 bits per heavy atom. The highest BCUT2D eigenvalue weighted by atomic mass is 35.5. The van der Waals surface area contributed by atoms with E-state index in [2.05, 4.69) is 15.2 Å². The molecule has 9 heteroatoms. The summed E-state index contributed by atoms with van der Waals surface area (Å²) in [6, 6.07) is 9.44. The Morgan fingerprint density at radius 2 is 1.97 bits per heavy atom. The van der Waals surface area contributed by atoms with Crippen LogP contribution in [0, 0.1) is 5.82 Å². The monoisotopic (exact) mass is 415 g/mol. The van der Waals surface area contributed by atoms with Gasteiger partial charge in [0.1, 0.15) is 17.2 Å². The van der Waals surface area contributed by atoms with E-state index in [0.717, 1.165) is 5.56 Å². The molecule has 0 bridgehead atoms. The Morgan fingerprint density at radius 1 is 1.17 bits per heavy atom. The molecule has 3 heterocycles. The summed E-state index contributed by atoms with van der Waals surface area (Å²) in [6.07, 6.45) is 2.82. The Balaban J connectivity index is 1.38. The van der Waals surface area contributed by atoms with Crippen molar-refractivity contribution >= 4 is 29.0 Å². The van der Waals surface area contributed by atoms with Gasteiger partial charge in [-0.3, -0.25) is 14.1 Å². The van der Waals surface area contributed by atoms with Crippen LogP contribution in [0.1, 0.15) is 5.56 Å². The summed E-state index contributed by atoms with van der Waals surface area (Å²) in [5, 5.41) is 3.05. The minimum Gasteiger partial charge on any atom is -0.322 e. The molecule has 0 radical (unpaired) electrons. The average molecular weight is 416 g/mol. The van der Waals surface area contributed by atoms with Crippen LogP contribution in [0.5, 0.6) is 0 Å². The van der Waals surface area contributed by atoms with Crippen LogP contribution < -0.4 is 10.9 Å². The van der Waals surface area contributed by atoms with Crippen LogP contribution in [0.15, 0.2) is 53.6 Å². The molecule has 0 aliphatic carbocycles. The lowest BCUT2D eigenvalue weighted by Crippen LogP contribution is -2.50. The number of fused-ring (bicyclic) bond motifs is 1. The lowest BCUT2D eigenvalue weighted by Gasteiger charge is -2.34. The summed E-state index contributed by atoms with van der Waals surface area (Å²) in [7, 11) is 0. The molecule has 1 aliphatic heterocycles. The zero-order valence-electron chi connectivity index (χ0n) is 15.5. The van der Waals surface area contributed by atoms with Gasteiger partial charge < -0.3 is 10.2 Å². The molecule has 4 rings (SSSR count). The Labute approximate surface area is 171 Å². The van der Waals surface area contributed by atoms with Crippen molar-refractivity contribution in [3.05, 3.63) is 75.5 Å². The normalized spacial score (nSPS) is 14.9. The van der Waals surface area contributed by atoms with E-state index in [0.29, 0.717) is 43.4 Å². The number of nitrogens with one attached hydrogen (secondary N) is 1. The van der Waals surface area contributed by atoms with Crippen molar-refractivity contribution in [3.63, 3.8) is 0 Å². The number of piperazine rings is 1. The minimum absolute atomic E-state index is 0.0944. The number of carbonyl (C=O) groups excluding carboxylic acids is 1. The van der Waals surface area contributed by atoms with Gasteiger partial charge in [-0.05, 0) is 29.8 Å². The molecule has 1 aliphatic rings. The number of aromatic nitrogens is 2. The molecule has 1 N–H and O–H groups in total. The number of halogens is 2. The molecular formula is C20H19ClFN5O2. The lowest BCUT2D eigenvalue weighted by molar-refractivity contribution is 0.143. The van der Waals surface area contributed by atoms with Gasteiger partial charge in [0.05, 0.1) is 11.2 Å². The van der Waals surface area contributed by atoms with E-state index in [1.165, 1.54) is 28.9 Å². The van der Waals surface area contributed by atoms with Crippen LogP contribution in [-0.4, -0.2) is 51.4 Å². The fourth-order valence-electron chi connectivity index (χ4n) is 3.33. The molecule has 0 atom stereocenters. The number of anilines is 1. The third-order valence-electron chi connectivity index (χ3n) is 4.86. The van der Waals surface area contributed by atoms with E-state index in [1.807, 2.05) is 6.07 Å². The summed E-state index contributed by atoms with van der Waals surface area (Å²) in [4.78, 5) is 33.1. The molecular weight excluding hydrogens is 397 g/mol. The van der Waals surface area contributed by atoms with E-state index >= 15 is 0 Å². The van der Waals surface area contributed by atoms with E-state index in [-0.39, 0.29) is 17.5 Å². The fraction of sp³-hybridized carbons (Fsp3) is 0.250. The number of hydrogen-bond donors (Lipinski definition) is 1. The molecule has 2 amide bonds. The molecule has 0 unspecified atom stereocenters. The van der Waals surface area contributed by atoms with Gasteiger partial charge in [-0.25, -0.2) is 14.2 Å². The number of benzene rings is 1. The van der Waals surface area contributed by atoms with Crippen molar-refractivity contribution in [2.24, 2.45) is 0 Å². The predicted molar refractivity (Wildman–Crippen MR) is 109 cm³/mol. The molecule has 1 saturated heterocycles. The second-order valence-electron chi connectivity index (χ2n) is 6.88. The van der Waals surface area contributed by atoms with Gasteiger partial charge in [-0.15, -0.1) is 0 Å². The van der Waals surface area contributed by atoms with Gasteiger partial charge in [0.25, 0.3) is 5.56 Å². The third kappa shape index (κ3) is 4.38. The molecule has 1 fully saturated rings. The highest BCUT2D eigenvalue weighted by Gasteiger charge is 2.22. The molecule has 0 spiro atoms. The number of carbonyl (C=O) groups is 1. The zero-order chi connectivity index (χ0) is 20.4. The Hall–Kier alpha value is -2.97. The van der Waals surface area contributed by atoms with Crippen molar-refractivity contribution in [1.82, 2.24) is 19.2 Å². The lowest BCUT2D eigenvalue weighted by atomic mass is 10.2. The quantitative estimate of drug-likeness (QED) is 0.714. The predicted octanol–water partition coefficient (Wildman–Crippen LogP) is 2.84. The minimum atomic E-state index is -0.393. The van der Waals surface area contributed by atoms with E-state index in [9.17, 15) is 14.0 Å². The third-order valence-corrected chi connectivity index (χ3v) is 5.09. The first-order valence-corrected chi connectivity index (χ1v) is 9.57. The maximum Gasteiger partial charge on any atom is 0.322 e. The van der Waals surface area contributed by atoms with Gasteiger partial charge in [-0.2, -0.15) is 0 Å². The molecule has 150 valence electrons. The standard InChI is InChI=1S/C20H19ClFN5O2/c21-15-4-5-18-23-11-17(19(28)27(18)13-15)24-20(29)26-8-6-25(7-9-26)12-14-2-1-3-16(22)10-14/h1-5,10-11,13H,6-9,12H2,(H,24,29). The van der Waals surface area contributed by atoms with Crippen molar-refractivity contribution in [2.75, 3.05) is 31.5 Å². The molecule has 0 saturated carbocycles. The second-order valence-corrected chi connectivity index (χ2v) is 7.31. The number of amides is 2. The maximum absolute atomic E-state index is 13.3. The van der Waals surface area contributed by atoms with E-state index < -0.39 is 5.56 Å². The van der Waals surface area contributed by atoms with E-state index in [4.69, 9.17) is 11.6 Å². The summed E-state index contributed by atoms with van der Waals surface area (Å²) < 4.78 is 14.6. The average Bonchev–Trinajstić information content (AvgIpc) is 2.71. The number of rotatable bonds is 3. The largest absolute Gasteiger partial charge is 0.322 e. The highest BCUT2D eigenvalue weighted by molar-refractivity contribution is 6.30. The fourth-order valence-corrected chi connectivity index (χ4v) is 3.49. The number of pyridine rings is 1. The van der Waals surface area contributed by atoms with Crippen LogP contribution in [0.2, 0.25) is 5.02 Å². The first-order valence-electron chi connectivity index (χ1n) is 9.19. The maximum atomic E-state index is 13.3. The molecule has 7 nitrogen and oxygen atoms in total. The SMILES string of the molecule is O=C(Nc1cnc2ccc(Cl)cn2c1=O)N1CCN(Cc2cccc(F)c2)CC1. The van der Waals surface area contributed by atoms with Crippen LogP contribution in [0.3, 0.4) is 0 Å². The summed E-state index contributed by atoms with van der Waals surface area (Å²) >= 11 is 5.94. The number of nitrogens with zero attached hydrogens (tertiary/aromatic N) is 4. The van der Waals surface area contributed by atoms with Crippen molar-refractivity contribution in [1.29, 1.82) is 0 Å². The van der Waals surface area contributed by atoms with Crippen LogP contribution >= 0.6 is 11.6 Å². The van der Waals surface area contributed by atoms with Gasteiger partial charge in [0.2, 0.25) is 0 Å². The highest BCUT2D eigenvalue weighted by Crippen LogP contribution is 2.12. The van der Waals surface area contributed by atoms with Gasteiger partial charge in [0, 0.05) is 38.9 Å². The Kier molecular flexibility index (Phi) is 5.46. The van der Waals surface area contributed by atoms with Crippen LogP contribution in [0.4, 0.5) is 14.9 Å². The van der Waals surface area contributed by atoms with Gasteiger partial charge in [-0.1, -0.05) is 23.7 Å². The molecule has 2 aromatic heterocycles. The first-order chi connectivity index (χ1) is 14.0. The number of urea groups is 1. The van der Waals surface area contributed by atoms with Crippen LogP contribution in [0.25, 0.3) is 5.65 Å². The zero-order valence-corrected chi connectivity index (χ0v) is 16.3. The van der Waals surface area contributed by atoms with Crippen molar-refractivity contribution in [3.8, 4) is 0 Å².